The maximum absolute atomic E-state index is 12.2. The van der Waals surface area contributed by atoms with Gasteiger partial charge < -0.3 is 18.9 Å². The number of amides is 1. The number of ether oxygens (including phenoxy) is 2. The molecule has 1 atom stereocenters. The maximum atomic E-state index is 12.2. The summed E-state index contributed by atoms with van der Waals surface area (Å²) in [6.07, 6.45) is 6.11. The molecule has 0 spiro atoms. The van der Waals surface area contributed by atoms with Gasteiger partial charge in [0.05, 0.1) is 13.2 Å². The third-order valence-electron chi connectivity index (χ3n) is 3.98. The zero-order valence-corrected chi connectivity index (χ0v) is 13.3. The first-order valence-corrected chi connectivity index (χ1v) is 7.71. The molecule has 2 heterocycles. The number of aromatic nitrogens is 1. The first kappa shape index (κ1) is 16.5. The summed E-state index contributed by atoms with van der Waals surface area (Å²) in [5.74, 6) is 0.166. The zero-order chi connectivity index (χ0) is 15.9. The second kappa shape index (κ2) is 7.98. The van der Waals surface area contributed by atoms with Gasteiger partial charge in [0.2, 0.25) is 5.91 Å². The molecule has 0 aromatic carbocycles. The van der Waals surface area contributed by atoms with Crippen LogP contribution in [0.2, 0.25) is 0 Å². The van der Waals surface area contributed by atoms with E-state index >= 15 is 0 Å². The molecule has 0 saturated carbocycles. The summed E-state index contributed by atoms with van der Waals surface area (Å²) < 4.78 is 11.9. The molecule has 1 fully saturated rings. The number of methoxy groups -OCH3 is 1. The van der Waals surface area contributed by atoms with Crippen molar-refractivity contribution in [3.05, 3.63) is 28.7 Å². The van der Waals surface area contributed by atoms with Crippen LogP contribution in [0.1, 0.15) is 25.7 Å². The highest BCUT2D eigenvalue weighted by Crippen LogP contribution is 2.16. The second-order valence-electron chi connectivity index (χ2n) is 5.60. The fourth-order valence-corrected chi connectivity index (χ4v) is 2.61. The molecule has 1 aromatic heterocycles. The van der Waals surface area contributed by atoms with E-state index in [1.165, 1.54) is 11.7 Å². The monoisotopic (exact) mass is 308 g/mol. The fraction of sp³-hybridized carbons (Fsp3) is 0.625. The Kier molecular flexibility index (Phi) is 6.00. The van der Waals surface area contributed by atoms with Crippen molar-refractivity contribution in [3.8, 4) is 5.75 Å². The van der Waals surface area contributed by atoms with E-state index in [0.717, 1.165) is 32.3 Å². The number of rotatable bonds is 7. The van der Waals surface area contributed by atoms with Crippen molar-refractivity contribution in [2.75, 3.05) is 27.3 Å². The van der Waals surface area contributed by atoms with Gasteiger partial charge in [0.15, 0.2) is 5.75 Å². The molecule has 1 unspecified atom stereocenters. The van der Waals surface area contributed by atoms with Gasteiger partial charge in [-0.2, -0.15) is 0 Å². The van der Waals surface area contributed by atoms with Crippen LogP contribution in [-0.2, 0) is 16.1 Å². The van der Waals surface area contributed by atoms with Crippen LogP contribution in [0, 0.1) is 0 Å². The molecular weight excluding hydrogens is 284 g/mol. The number of nitrogens with zero attached hydrogens (tertiary/aromatic N) is 2. The van der Waals surface area contributed by atoms with Gasteiger partial charge in [0, 0.05) is 26.4 Å². The van der Waals surface area contributed by atoms with Gasteiger partial charge in [-0.3, -0.25) is 9.59 Å². The van der Waals surface area contributed by atoms with Crippen molar-refractivity contribution in [1.29, 1.82) is 0 Å². The highest BCUT2D eigenvalue weighted by Gasteiger charge is 2.16. The molecule has 1 aliphatic rings. The summed E-state index contributed by atoms with van der Waals surface area (Å²) in [7, 11) is 3.21. The standard InChI is InChI=1S/C16H24N2O4/c1-17(9-3-6-13-7-5-11-22-13)15(19)12-18-10-4-8-14(21-2)16(18)20/h4,8,10,13H,3,5-7,9,11-12H2,1-2H3. The van der Waals surface area contributed by atoms with Crippen LogP contribution in [0.25, 0.3) is 0 Å². The lowest BCUT2D eigenvalue weighted by atomic mass is 10.1. The summed E-state index contributed by atoms with van der Waals surface area (Å²) in [5, 5.41) is 0. The van der Waals surface area contributed by atoms with Crippen molar-refractivity contribution in [2.45, 2.75) is 38.3 Å². The Balaban J connectivity index is 1.82. The zero-order valence-electron chi connectivity index (χ0n) is 13.3. The predicted molar refractivity (Wildman–Crippen MR) is 83.1 cm³/mol. The van der Waals surface area contributed by atoms with Crippen molar-refractivity contribution < 1.29 is 14.3 Å². The van der Waals surface area contributed by atoms with Crippen molar-refractivity contribution in [2.24, 2.45) is 0 Å². The SMILES string of the molecule is COc1cccn(CC(=O)N(C)CCCC2CCCO2)c1=O. The van der Waals surface area contributed by atoms with E-state index in [0.29, 0.717) is 12.6 Å². The van der Waals surface area contributed by atoms with E-state index in [-0.39, 0.29) is 23.8 Å². The van der Waals surface area contributed by atoms with Gasteiger partial charge >= 0.3 is 0 Å². The van der Waals surface area contributed by atoms with Crippen LogP contribution in [0.4, 0.5) is 0 Å². The summed E-state index contributed by atoms with van der Waals surface area (Å²) in [4.78, 5) is 25.8. The first-order valence-electron chi connectivity index (χ1n) is 7.71. The number of carbonyl (C=O) groups is 1. The molecule has 0 N–H and O–H groups in total. The summed E-state index contributed by atoms with van der Waals surface area (Å²) >= 11 is 0. The lowest BCUT2D eigenvalue weighted by Gasteiger charge is -2.19. The lowest BCUT2D eigenvalue weighted by molar-refractivity contribution is -0.130. The molecule has 0 aliphatic carbocycles. The molecule has 1 saturated heterocycles. The molecule has 122 valence electrons. The number of hydrogen-bond donors (Lipinski definition) is 0. The molecule has 1 aliphatic heterocycles. The molecule has 6 nitrogen and oxygen atoms in total. The Hall–Kier alpha value is -1.82. The lowest BCUT2D eigenvalue weighted by Crippen LogP contribution is -2.34. The third kappa shape index (κ3) is 4.34. The van der Waals surface area contributed by atoms with Crippen molar-refractivity contribution >= 4 is 5.91 Å². The average Bonchev–Trinajstić information content (AvgIpc) is 3.02. The van der Waals surface area contributed by atoms with E-state index in [4.69, 9.17) is 9.47 Å². The number of likely N-dealkylation sites (N-methyl/N-ethyl adjacent to an activating group) is 1. The van der Waals surface area contributed by atoms with Crippen LogP contribution in [0.3, 0.4) is 0 Å². The van der Waals surface area contributed by atoms with E-state index in [1.807, 2.05) is 0 Å². The quantitative estimate of drug-likeness (QED) is 0.761. The number of pyridine rings is 1. The topological polar surface area (TPSA) is 60.8 Å². The summed E-state index contributed by atoms with van der Waals surface area (Å²) in [6.45, 7) is 1.57. The molecule has 1 aromatic rings. The second-order valence-corrected chi connectivity index (χ2v) is 5.60. The first-order chi connectivity index (χ1) is 10.6. The Morgan fingerprint density at radius 1 is 1.55 bits per heavy atom. The minimum absolute atomic E-state index is 0.0342. The minimum atomic E-state index is -0.286. The molecule has 6 heteroatoms. The smallest absolute Gasteiger partial charge is 0.293 e. The third-order valence-corrected chi connectivity index (χ3v) is 3.98. The van der Waals surface area contributed by atoms with Gasteiger partial charge in [0.25, 0.3) is 5.56 Å². The summed E-state index contributed by atoms with van der Waals surface area (Å²) in [5.41, 5.74) is -0.286. The normalized spacial score (nSPS) is 17.5. The number of carbonyl (C=O) groups excluding carboxylic acids is 1. The van der Waals surface area contributed by atoms with Crippen LogP contribution in [0.5, 0.6) is 5.75 Å². The van der Waals surface area contributed by atoms with E-state index in [1.54, 1.807) is 30.3 Å². The minimum Gasteiger partial charge on any atom is -0.491 e. The Bertz CT molecular complexity index is 549. The average molecular weight is 308 g/mol. The highest BCUT2D eigenvalue weighted by atomic mass is 16.5. The molecule has 22 heavy (non-hydrogen) atoms. The van der Waals surface area contributed by atoms with E-state index in [2.05, 4.69) is 0 Å². The van der Waals surface area contributed by atoms with Gasteiger partial charge in [-0.15, -0.1) is 0 Å². The Morgan fingerprint density at radius 2 is 2.36 bits per heavy atom. The van der Waals surface area contributed by atoms with Gasteiger partial charge in [0.1, 0.15) is 6.54 Å². The maximum Gasteiger partial charge on any atom is 0.293 e. The van der Waals surface area contributed by atoms with Gasteiger partial charge in [-0.05, 0) is 37.8 Å². The van der Waals surface area contributed by atoms with Crippen molar-refractivity contribution in [3.63, 3.8) is 0 Å². The fourth-order valence-electron chi connectivity index (χ4n) is 2.61. The van der Waals surface area contributed by atoms with Crippen LogP contribution >= 0.6 is 0 Å². The molecular formula is C16H24N2O4. The van der Waals surface area contributed by atoms with Gasteiger partial charge in [-0.25, -0.2) is 0 Å². The van der Waals surface area contributed by atoms with Gasteiger partial charge in [-0.1, -0.05) is 0 Å². The highest BCUT2D eigenvalue weighted by molar-refractivity contribution is 5.75. The van der Waals surface area contributed by atoms with E-state index in [9.17, 15) is 9.59 Å². The Labute approximate surface area is 130 Å². The molecule has 1 amide bonds. The Morgan fingerprint density at radius 3 is 3.05 bits per heavy atom. The van der Waals surface area contributed by atoms with E-state index < -0.39 is 0 Å². The van der Waals surface area contributed by atoms with Crippen LogP contribution in [-0.4, -0.2) is 48.8 Å². The molecule has 0 radical (unpaired) electrons. The van der Waals surface area contributed by atoms with Crippen molar-refractivity contribution in [1.82, 2.24) is 9.47 Å². The predicted octanol–water partition coefficient (Wildman–Crippen LogP) is 1.27. The van der Waals surface area contributed by atoms with Crippen LogP contribution in [0.15, 0.2) is 23.1 Å². The number of hydrogen-bond acceptors (Lipinski definition) is 4. The molecule has 2 rings (SSSR count). The largest absolute Gasteiger partial charge is 0.491 e. The summed E-state index contributed by atoms with van der Waals surface area (Å²) in [6, 6.07) is 3.29. The van der Waals surface area contributed by atoms with Crippen LogP contribution < -0.4 is 10.3 Å². The molecule has 0 bridgehead atoms.